The highest BCUT2D eigenvalue weighted by molar-refractivity contribution is 5.42. The Bertz CT molecular complexity index is 888. The van der Waals surface area contributed by atoms with Gasteiger partial charge in [-0.3, -0.25) is 4.98 Å². The fourth-order valence-electron chi connectivity index (χ4n) is 2.61. The lowest BCUT2D eigenvalue weighted by Gasteiger charge is -2.11. The largest absolute Gasteiger partial charge is 0.493 e. The number of halogens is 1. The molecule has 0 atom stereocenters. The van der Waals surface area contributed by atoms with Crippen LogP contribution in [0.1, 0.15) is 11.1 Å². The van der Waals surface area contributed by atoms with Crippen LogP contribution in [-0.4, -0.2) is 19.2 Å². The van der Waals surface area contributed by atoms with Crippen molar-refractivity contribution in [1.82, 2.24) is 10.3 Å². The summed E-state index contributed by atoms with van der Waals surface area (Å²) in [6, 6.07) is 14.1. The highest BCUT2D eigenvalue weighted by Crippen LogP contribution is 2.27. The minimum absolute atomic E-state index is 0.173. The Morgan fingerprint density at radius 1 is 0.889 bits per heavy atom. The second kappa shape index (κ2) is 9.00. The number of aromatic nitrogens is 1. The second-order valence-corrected chi connectivity index (χ2v) is 5.85. The molecular formula is C21H21FN2O3. The number of methoxy groups -OCH3 is 2. The average Bonchev–Trinajstić information content (AvgIpc) is 2.70. The molecule has 3 aromatic rings. The molecule has 3 rings (SSSR count). The van der Waals surface area contributed by atoms with Crippen molar-refractivity contribution in [2.45, 2.75) is 13.1 Å². The molecule has 0 saturated heterocycles. The minimum Gasteiger partial charge on any atom is -0.493 e. The van der Waals surface area contributed by atoms with Gasteiger partial charge in [-0.15, -0.1) is 0 Å². The van der Waals surface area contributed by atoms with Crippen molar-refractivity contribution in [1.29, 1.82) is 0 Å². The lowest BCUT2D eigenvalue weighted by molar-refractivity contribution is 0.354. The van der Waals surface area contributed by atoms with Crippen molar-refractivity contribution in [3.8, 4) is 23.0 Å². The van der Waals surface area contributed by atoms with Crippen LogP contribution in [-0.2, 0) is 13.1 Å². The molecule has 0 aliphatic rings. The van der Waals surface area contributed by atoms with E-state index in [0.29, 0.717) is 30.3 Å². The van der Waals surface area contributed by atoms with E-state index in [1.54, 1.807) is 38.6 Å². The summed E-state index contributed by atoms with van der Waals surface area (Å²) in [5.74, 6) is 1.62. The van der Waals surface area contributed by atoms with E-state index in [0.717, 1.165) is 11.1 Å². The first-order valence-electron chi connectivity index (χ1n) is 8.47. The van der Waals surface area contributed by atoms with Gasteiger partial charge in [0.05, 0.1) is 20.4 Å². The van der Waals surface area contributed by atoms with Crippen LogP contribution < -0.4 is 19.5 Å². The molecule has 0 fully saturated rings. The number of rotatable bonds is 8. The van der Waals surface area contributed by atoms with Crippen LogP contribution in [0.5, 0.6) is 23.0 Å². The number of nitrogens with zero attached hydrogens (tertiary/aromatic N) is 1. The number of hydrogen-bond donors (Lipinski definition) is 1. The van der Waals surface area contributed by atoms with Crippen molar-refractivity contribution in [3.05, 3.63) is 77.9 Å². The SMILES string of the molecule is COc1ccc(CNCc2ccc(Oc3cccnc3)c(F)c2)cc1OC. The van der Waals surface area contributed by atoms with Crippen LogP contribution in [0.25, 0.3) is 0 Å². The van der Waals surface area contributed by atoms with E-state index in [9.17, 15) is 4.39 Å². The van der Waals surface area contributed by atoms with Crippen molar-refractivity contribution >= 4 is 0 Å². The molecule has 5 nitrogen and oxygen atoms in total. The molecule has 1 heterocycles. The summed E-state index contributed by atoms with van der Waals surface area (Å²) in [4.78, 5) is 3.95. The number of nitrogens with one attached hydrogen (secondary N) is 1. The Morgan fingerprint density at radius 2 is 1.59 bits per heavy atom. The average molecular weight is 368 g/mol. The van der Waals surface area contributed by atoms with Gasteiger partial charge >= 0.3 is 0 Å². The highest BCUT2D eigenvalue weighted by atomic mass is 19.1. The molecule has 140 valence electrons. The van der Waals surface area contributed by atoms with E-state index in [4.69, 9.17) is 14.2 Å². The van der Waals surface area contributed by atoms with E-state index >= 15 is 0 Å². The summed E-state index contributed by atoms with van der Waals surface area (Å²) in [7, 11) is 3.21. The number of hydrogen-bond acceptors (Lipinski definition) is 5. The zero-order valence-corrected chi connectivity index (χ0v) is 15.2. The maximum absolute atomic E-state index is 14.3. The Hall–Kier alpha value is -3.12. The molecule has 0 aliphatic carbocycles. The van der Waals surface area contributed by atoms with Crippen LogP contribution in [0.15, 0.2) is 60.9 Å². The fourth-order valence-corrected chi connectivity index (χ4v) is 2.61. The van der Waals surface area contributed by atoms with Gasteiger partial charge in [0.25, 0.3) is 0 Å². The first kappa shape index (κ1) is 18.7. The smallest absolute Gasteiger partial charge is 0.166 e. The van der Waals surface area contributed by atoms with Gasteiger partial charge in [-0.2, -0.15) is 0 Å². The van der Waals surface area contributed by atoms with Gasteiger partial charge in [0.15, 0.2) is 23.1 Å². The maximum atomic E-state index is 14.3. The molecule has 1 N–H and O–H groups in total. The van der Waals surface area contributed by atoms with Crippen LogP contribution >= 0.6 is 0 Å². The number of benzene rings is 2. The third kappa shape index (κ3) is 4.95. The molecule has 1 aromatic heterocycles. The lowest BCUT2D eigenvalue weighted by Crippen LogP contribution is -2.13. The molecule has 0 saturated carbocycles. The summed E-state index contributed by atoms with van der Waals surface area (Å²) in [6.45, 7) is 1.15. The van der Waals surface area contributed by atoms with Gasteiger partial charge in [-0.25, -0.2) is 4.39 Å². The topological polar surface area (TPSA) is 52.6 Å². The standard InChI is InChI=1S/C21H21FN2O3/c1-25-20-8-6-16(11-21(20)26-2)13-24-12-15-5-7-19(18(22)10-15)27-17-4-3-9-23-14-17/h3-11,14,24H,12-13H2,1-2H3. The first-order chi connectivity index (χ1) is 13.2. The number of pyridine rings is 1. The van der Waals surface area contributed by atoms with Gasteiger partial charge in [0, 0.05) is 19.3 Å². The molecule has 0 radical (unpaired) electrons. The van der Waals surface area contributed by atoms with Crippen molar-refractivity contribution in [3.63, 3.8) is 0 Å². The third-order valence-corrected chi connectivity index (χ3v) is 3.96. The van der Waals surface area contributed by atoms with Crippen LogP contribution in [0, 0.1) is 5.82 Å². The molecule has 0 unspecified atom stereocenters. The Morgan fingerprint density at radius 3 is 2.22 bits per heavy atom. The van der Waals surface area contributed by atoms with E-state index in [1.807, 2.05) is 24.3 Å². The van der Waals surface area contributed by atoms with Gasteiger partial charge in [-0.05, 0) is 47.5 Å². The molecular weight excluding hydrogens is 347 g/mol. The molecule has 0 bridgehead atoms. The number of ether oxygens (including phenoxy) is 3. The second-order valence-electron chi connectivity index (χ2n) is 5.85. The Kier molecular flexibility index (Phi) is 6.22. The van der Waals surface area contributed by atoms with Gasteiger partial charge in [0.2, 0.25) is 0 Å². The van der Waals surface area contributed by atoms with Gasteiger partial charge in [0.1, 0.15) is 5.75 Å². The van der Waals surface area contributed by atoms with Crippen molar-refractivity contribution in [2.24, 2.45) is 0 Å². The Balaban J connectivity index is 1.58. The fraction of sp³-hybridized carbons (Fsp3) is 0.190. The van der Waals surface area contributed by atoms with E-state index in [1.165, 1.54) is 12.3 Å². The van der Waals surface area contributed by atoms with E-state index in [-0.39, 0.29) is 5.75 Å². The summed E-state index contributed by atoms with van der Waals surface area (Å²) in [5.41, 5.74) is 1.87. The molecule has 0 amide bonds. The van der Waals surface area contributed by atoms with Gasteiger partial charge in [-0.1, -0.05) is 12.1 Å². The predicted molar refractivity (Wildman–Crippen MR) is 101 cm³/mol. The summed E-state index contributed by atoms with van der Waals surface area (Å²) < 4.78 is 30.3. The van der Waals surface area contributed by atoms with Crippen LogP contribution in [0.3, 0.4) is 0 Å². The third-order valence-electron chi connectivity index (χ3n) is 3.96. The zero-order valence-electron chi connectivity index (χ0n) is 15.2. The molecule has 0 spiro atoms. The monoisotopic (exact) mass is 368 g/mol. The maximum Gasteiger partial charge on any atom is 0.166 e. The van der Waals surface area contributed by atoms with Crippen LogP contribution in [0.2, 0.25) is 0 Å². The minimum atomic E-state index is -0.413. The predicted octanol–water partition coefficient (Wildman–Crippen LogP) is 4.32. The summed E-state index contributed by atoms with van der Waals surface area (Å²) >= 11 is 0. The van der Waals surface area contributed by atoms with E-state index < -0.39 is 5.82 Å². The zero-order chi connectivity index (χ0) is 19.1. The van der Waals surface area contributed by atoms with Crippen molar-refractivity contribution < 1.29 is 18.6 Å². The van der Waals surface area contributed by atoms with Crippen molar-refractivity contribution in [2.75, 3.05) is 14.2 Å². The summed E-state index contributed by atoms with van der Waals surface area (Å²) in [5, 5.41) is 3.29. The Labute approximate surface area is 157 Å². The molecule has 6 heteroatoms. The highest BCUT2D eigenvalue weighted by Gasteiger charge is 2.07. The molecule has 27 heavy (non-hydrogen) atoms. The molecule has 2 aromatic carbocycles. The normalized spacial score (nSPS) is 10.5. The van der Waals surface area contributed by atoms with Crippen LogP contribution in [0.4, 0.5) is 4.39 Å². The first-order valence-corrected chi connectivity index (χ1v) is 8.47. The lowest BCUT2D eigenvalue weighted by atomic mass is 10.1. The quantitative estimate of drug-likeness (QED) is 0.642. The van der Waals surface area contributed by atoms with E-state index in [2.05, 4.69) is 10.3 Å². The summed E-state index contributed by atoms with van der Waals surface area (Å²) in [6.07, 6.45) is 3.18. The van der Waals surface area contributed by atoms with Gasteiger partial charge < -0.3 is 19.5 Å². The molecule has 0 aliphatic heterocycles.